The molecular formula is C6H10N6. The molecule has 0 aromatic heterocycles. The molecule has 2 N–H and O–H groups in total. The van der Waals surface area contributed by atoms with Gasteiger partial charge in [-0.2, -0.15) is 5.26 Å². The first kappa shape index (κ1) is 8.81. The van der Waals surface area contributed by atoms with Gasteiger partial charge in [-0.3, -0.25) is 5.32 Å². The summed E-state index contributed by atoms with van der Waals surface area (Å²) >= 11 is 0. The SMILES string of the molecule is N#CC1(NCCN=[N+]=[N-])CNC1. The van der Waals surface area contributed by atoms with Gasteiger partial charge in [-0.15, -0.1) is 0 Å². The Morgan fingerprint density at radius 1 is 1.75 bits per heavy atom. The smallest absolute Gasteiger partial charge is 0.131 e. The number of nitrogens with one attached hydrogen (secondary N) is 2. The highest BCUT2D eigenvalue weighted by Gasteiger charge is 2.35. The van der Waals surface area contributed by atoms with Crippen LogP contribution >= 0.6 is 0 Å². The summed E-state index contributed by atoms with van der Waals surface area (Å²) in [5.74, 6) is 0. The zero-order valence-electron chi connectivity index (χ0n) is 6.62. The van der Waals surface area contributed by atoms with E-state index in [0.29, 0.717) is 26.2 Å². The van der Waals surface area contributed by atoms with Gasteiger partial charge in [0.1, 0.15) is 5.54 Å². The van der Waals surface area contributed by atoms with Crippen LogP contribution in [0.4, 0.5) is 0 Å². The number of nitriles is 1. The molecule has 0 aliphatic carbocycles. The maximum atomic E-state index is 8.74. The lowest BCUT2D eigenvalue weighted by Crippen LogP contribution is -2.67. The van der Waals surface area contributed by atoms with E-state index >= 15 is 0 Å². The zero-order chi connectivity index (χ0) is 8.86. The number of hydrogen-bond acceptors (Lipinski definition) is 4. The van der Waals surface area contributed by atoms with Gasteiger partial charge in [-0.25, -0.2) is 0 Å². The van der Waals surface area contributed by atoms with Crippen LogP contribution in [0.5, 0.6) is 0 Å². The molecule has 1 aliphatic heterocycles. The summed E-state index contributed by atoms with van der Waals surface area (Å²) in [6, 6.07) is 2.18. The van der Waals surface area contributed by atoms with E-state index in [0.717, 1.165) is 0 Å². The molecule has 1 rings (SSSR count). The summed E-state index contributed by atoms with van der Waals surface area (Å²) in [6.45, 7) is 2.28. The lowest BCUT2D eigenvalue weighted by atomic mass is 9.95. The molecule has 6 nitrogen and oxygen atoms in total. The van der Waals surface area contributed by atoms with Gasteiger partial charge in [-0.1, -0.05) is 5.11 Å². The minimum Gasteiger partial charge on any atom is -0.311 e. The summed E-state index contributed by atoms with van der Waals surface area (Å²) in [4.78, 5) is 2.61. The molecule has 0 aromatic carbocycles. The Bertz CT molecular complexity index is 231. The summed E-state index contributed by atoms with van der Waals surface area (Å²) in [6.07, 6.45) is 0. The van der Waals surface area contributed by atoms with E-state index in [9.17, 15) is 0 Å². The minimum atomic E-state index is -0.426. The van der Waals surface area contributed by atoms with Crippen molar-refractivity contribution in [2.24, 2.45) is 5.11 Å². The van der Waals surface area contributed by atoms with Crippen LogP contribution in [0.2, 0.25) is 0 Å². The van der Waals surface area contributed by atoms with Crippen LogP contribution < -0.4 is 10.6 Å². The van der Waals surface area contributed by atoms with Crippen LogP contribution in [-0.4, -0.2) is 31.7 Å². The summed E-state index contributed by atoms with van der Waals surface area (Å²) in [5, 5.41) is 18.1. The third-order valence-corrected chi connectivity index (χ3v) is 1.81. The van der Waals surface area contributed by atoms with Gasteiger partial charge < -0.3 is 5.32 Å². The van der Waals surface area contributed by atoms with E-state index in [4.69, 9.17) is 10.8 Å². The van der Waals surface area contributed by atoms with Crippen molar-refractivity contribution in [2.75, 3.05) is 26.2 Å². The molecule has 1 saturated heterocycles. The van der Waals surface area contributed by atoms with Crippen molar-refractivity contribution in [3.8, 4) is 6.07 Å². The van der Waals surface area contributed by atoms with Crippen LogP contribution in [0.1, 0.15) is 0 Å². The monoisotopic (exact) mass is 166 g/mol. The van der Waals surface area contributed by atoms with Crippen molar-refractivity contribution >= 4 is 0 Å². The van der Waals surface area contributed by atoms with Crippen LogP contribution in [0, 0.1) is 11.3 Å². The van der Waals surface area contributed by atoms with E-state index in [1.807, 2.05) is 0 Å². The Kier molecular flexibility index (Phi) is 2.88. The van der Waals surface area contributed by atoms with Crippen LogP contribution in [0.15, 0.2) is 5.11 Å². The second-order valence-electron chi connectivity index (χ2n) is 2.68. The lowest BCUT2D eigenvalue weighted by molar-refractivity contribution is 0.287. The standard InChI is InChI=1S/C6H10N6/c7-3-6(4-9-5-6)10-1-2-11-12-8/h9-10H,1-2,4-5H2. The van der Waals surface area contributed by atoms with Crippen molar-refractivity contribution in [3.05, 3.63) is 10.4 Å². The van der Waals surface area contributed by atoms with Crippen molar-refractivity contribution in [3.63, 3.8) is 0 Å². The molecule has 6 heteroatoms. The molecule has 64 valence electrons. The van der Waals surface area contributed by atoms with Crippen molar-refractivity contribution in [1.29, 1.82) is 5.26 Å². The summed E-state index contributed by atoms with van der Waals surface area (Å²) in [5.41, 5.74) is 7.55. The molecule has 1 heterocycles. The molecular weight excluding hydrogens is 156 g/mol. The Morgan fingerprint density at radius 3 is 2.92 bits per heavy atom. The van der Waals surface area contributed by atoms with Crippen molar-refractivity contribution in [1.82, 2.24) is 10.6 Å². The molecule has 0 unspecified atom stereocenters. The number of azide groups is 1. The molecule has 0 radical (unpaired) electrons. The predicted molar refractivity (Wildman–Crippen MR) is 43.2 cm³/mol. The Morgan fingerprint density at radius 2 is 2.50 bits per heavy atom. The minimum absolute atomic E-state index is 0.389. The molecule has 0 spiro atoms. The van der Waals surface area contributed by atoms with E-state index in [2.05, 4.69) is 26.7 Å². The average Bonchev–Trinajstić information content (AvgIpc) is 2.02. The second kappa shape index (κ2) is 3.93. The molecule has 0 amide bonds. The highest BCUT2D eigenvalue weighted by Crippen LogP contribution is 2.07. The Hall–Kier alpha value is -1.28. The number of rotatable bonds is 4. The van der Waals surface area contributed by atoms with Crippen LogP contribution in [0.25, 0.3) is 10.4 Å². The first-order chi connectivity index (χ1) is 5.83. The molecule has 12 heavy (non-hydrogen) atoms. The number of hydrogen-bond donors (Lipinski definition) is 2. The van der Waals surface area contributed by atoms with Gasteiger partial charge in [0.05, 0.1) is 6.07 Å². The maximum absolute atomic E-state index is 8.74. The molecule has 1 aliphatic rings. The predicted octanol–water partition coefficient (Wildman–Crippen LogP) is -0.248. The topological polar surface area (TPSA) is 96.6 Å². The maximum Gasteiger partial charge on any atom is 0.131 e. The second-order valence-corrected chi connectivity index (χ2v) is 2.68. The highest BCUT2D eigenvalue weighted by molar-refractivity contribution is 5.16. The lowest BCUT2D eigenvalue weighted by Gasteiger charge is -2.36. The molecule has 0 aromatic rings. The Labute approximate surface area is 70.2 Å². The van der Waals surface area contributed by atoms with E-state index in [-0.39, 0.29) is 0 Å². The summed E-state index contributed by atoms with van der Waals surface area (Å²) in [7, 11) is 0. The fraction of sp³-hybridized carbons (Fsp3) is 0.833. The van der Waals surface area contributed by atoms with Gasteiger partial charge in [-0.05, 0) is 5.53 Å². The van der Waals surface area contributed by atoms with Gasteiger partial charge in [0, 0.05) is 31.1 Å². The van der Waals surface area contributed by atoms with E-state index in [1.165, 1.54) is 0 Å². The van der Waals surface area contributed by atoms with Crippen LogP contribution in [0.3, 0.4) is 0 Å². The van der Waals surface area contributed by atoms with Crippen molar-refractivity contribution in [2.45, 2.75) is 5.54 Å². The van der Waals surface area contributed by atoms with Crippen LogP contribution in [-0.2, 0) is 0 Å². The highest BCUT2D eigenvalue weighted by atomic mass is 15.2. The molecule has 0 atom stereocenters. The summed E-state index contributed by atoms with van der Waals surface area (Å²) < 4.78 is 0. The van der Waals surface area contributed by atoms with Gasteiger partial charge >= 0.3 is 0 Å². The molecule has 0 saturated carbocycles. The third kappa shape index (κ3) is 1.86. The quantitative estimate of drug-likeness (QED) is 0.261. The average molecular weight is 166 g/mol. The van der Waals surface area contributed by atoms with E-state index in [1.54, 1.807) is 0 Å². The molecule has 1 fully saturated rings. The first-order valence-electron chi connectivity index (χ1n) is 3.71. The third-order valence-electron chi connectivity index (χ3n) is 1.81. The van der Waals surface area contributed by atoms with Gasteiger partial charge in [0.25, 0.3) is 0 Å². The molecule has 0 bridgehead atoms. The largest absolute Gasteiger partial charge is 0.311 e. The number of nitrogens with zero attached hydrogens (tertiary/aromatic N) is 4. The normalized spacial score (nSPS) is 18.6. The Balaban J connectivity index is 2.21. The van der Waals surface area contributed by atoms with Gasteiger partial charge in [0.2, 0.25) is 0 Å². The first-order valence-corrected chi connectivity index (χ1v) is 3.71. The zero-order valence-corrected chi connectivity index (χ0v) is 6.62. The van der Waals surface area contributed by atoms with Gasteiger partial charge in [0.15, 0.2) is 0 Å². The fourth-order valence-corrected chi connectivity index (χ4v) is 1.01. The van der Waals surface area contributed by atoms with Crippen molar-refractivity contribution < 1.29 is 0 Å². The fourth-order valence-electron chi connectivity index (χ4n) is 1.01. The van der Waals surface area contributed by atoms with E-state index < -0.39 is 5.54 Å².